The molecule has 9 aromatic rings. The molecule has 0 amide bonds. The molecule has 0 radical (unpaired) electrons. The summed E-state index contributed by atoms with van der Waals surface area (Å²) in [6, 6.07) is 59.8. The number of oxazole rings is 1. The van der Waals surface area contributed by atoms with Gasteiger partial charge in [-0.25, -0.2) is 4.98 Å². The number of aromatic nitrogens is 1. The Morgan fingerprint density at radius 2 is 1.09 bits per heavy atom. The molecule has 7 aromatic carbocycles. The molecule has 0 spiro atoms. The molecule has 0 atom stereocenters. The Balaban J connectivity index is 1.21. The largest absolute Gasteiger partial charge is 0.436 e. The first kappa shape index (κ1) is 27.3. The van der Waals surface area contributed by atoms with Gasteiger partial charge in [-0.15, -0.1) is 11.3 Å². The van der Waals surface area contributed by atoms with Crippen LogP contribution in [0.1, 0.15) is 0 Å². The van der Waals surface area contributed by atoms with Crippen molar-refractivity contribution < 1.29 is 4.42 Å². The Kier molecular flexibility index (Phi) is 6.65. The van der Waals surface area contributed by atoms with E-state index in [1.54, 1.807) is 11.3 Å². The molecular weight excluding hydrogens is 593 g/mol. The van der Waals surface area contributed by atoms with Gasteiger partial charge in [-0.2, -0.15) is 0 Å². The van der Waals surface area contributed by atoms with Crippen LogP contribution >= 0.6 is 11.3 Å². The lowest BCUT2D eigenvalue weighted by molar-refractivity contribution is 0.620. The standard InChI is InChI=1S/C43H28N2OS/c1-4-12-29(13-5-1)31-22-24-34(25-23-31)45(35-19-10-18-33(26-35)30-14-6-2-7-15-30)39-21-11-20-36-37-27-40-38(28-41(37)47-42(36)39)44-43(46-40)32-16-8-3-9-17-32/h1-28H. The van der Waals surface area contributed by atoms with Crippen LogP contribution in [0.3, 0.4) is 0 Å². The third-order valence-corrected chi connectivity index (χ3v) is 9.88. The van der Waals surface area contributed by atoms with Gasteiger partial charge in [-0.3, -0.25) is 0 Å². The highest BCUT2D eigenvalue weighted by atomic mass is 32.1. The SMILES string of the molecule is c1ccc(-c2ccc(N(c3cccc(-c4ccccc4)c3)c3cccc4c3sc3cc5nc(-c6ccccc6)oc5cc34)cc2)cc1. The first-order valence-corrected chi connectivity index (χ1v) is 16.5. The molecule has 0 aliphatic rings. The number of anilines is 3. The summed E-state index contributed by atoms with van der Waals surface area (Å²) in [6.07, 6.45) is 0. The van der Waals surface area contributed by atoms with Crippen LogP contribution in [0.5, 0.6) is 0 Å². The van der Waals surface area contributed by atoms with Crippen LogP contribution in [0, 0.1) is 0 Å². The topological polar surface area (TPSA) is 29.3 Å². The quantitative estimate of drug-likeness (QED) is 0.185. The van der Waals surface area contributed by atoms with E-state index >= 15 is 0 Å². The second kappa shape index (κ2) is 11.4. The van der Waals surface area contributed by atoms with E-state index in [2.05, 4.69) is 144 Å². The molecule has 0 aliphatic carbocycles. The van der Waals surface area contributed by atoms with Crippen LogP contribution in [0.25, 0.3) is 65.0 Å². The van der Waals surface area contributed by atoms with Crippen molar-refractivity contribution in [1.82, 2.24) is 4.98 Å². The lowest BCUT2D eigenvalue weighted by atomic mass is 10.0. The minimum absolute atomic E-state index is 0.645. The zero-order valence-corrected chi connectivity index (χ0v) is 26.2. The monoisotopic (exact) mass is 620 g/mol. The second-order valence-corrected chi connectivity index (χ2v) is 12.7. The molecule has 0 N–H and O–H groups in total. The average molecular weight is 621 g/mol. The molecule has 0 bridgehead atoms. The Labute approximate surface area is 276 Å². The summed E-state index contributed by atoms with van der Waals surface area (Å²) in [5.74, 6) is 0.645. The summed E-state index contributed by atoms with van der Waals surface area (Å²) in [7, 11) is 0. The van der Waals surface area contributed by atoms with E-state index in [0.717, 1.165) is 33.7 Å². The molecule has 0 fully saturated rings. The van der Waals surface area contributed by atoms with E-state index in [4.69, 9.17) is 9.40 Å². The maximum Gasteiger partial charge on any atom is 0.227 e. The van der Waals surface area contributed by atoms with E-state index < -0.39 is 0 Å². The highest BCUT2D eigenvalue weighted by Gasteiger charge is 2.20. The predicted octanol–water partition coefficient (Wildman–Crippen LogP) is 12.7. The summed E-state index contributed by atoms with van der Waals surface area (Å²) in [5.41, 5.74) is 10.8. The van der Waals surface area contributed by atoms with Crippen LogP contribution in [-0.2, 0) is 0 Å². The number of nitrogens with zero attached hydrogens (tertiary/aromatic N) is 2. The highest BCUT2D eigenvalue weighted by molar-refractivity contribution is 7.26. The van der Waals surface area contributed by atoms with Crippen LogP contribution in [-0.4, -0.2) is 4.98 Å². The van der Waals surface area contributed by atoms with Gasteiger partial charge in [0, 0.05) is 32.4 Å². The molecule has 4 heteroatoms. The average Bonchev–Trinajstić information content (AvgIpc) is 3.73. The van der Waals surface area contributed by atoms with Crippen molar-refractivity contribution in [3.8, 4) is 33.7 Å². The maximum absolute atomic E-state index is 6.28. The van der Waals surface area contributed by atoms with E-state index in [9.17, 15) is 0 Å². The number of hydrogen-bond donors (Lipinski definition) is 0. The molecule has 0 unspecified atom stereocenters. The van der Waals surface area contributed by atoms with Crippen molar-refractivity contribution in [2.75, 3.05) is 4.90 Å². The summed E-state index contributed by atoms with van der Waals surface area (Å²) in [4.78, 5) is 7.24. The molecule has 9 rings (SSSR count). The van der Waals surface area contributed by atoms with Gasteiger partial charge in [-0.1, -0.05) is 115 Å². The fraction of sp³-hybridized carbons (Fsp3) is 0. The minimum atomic E-state index is 0.645. The maximum atomic E-state index is 6.28. The molecule has 222 valence electrons. The smallest absolute Gasteiger partial charge is 0.227 e. The molecule has 0 saturated carbocycles. The molecule has 3 nitrogen and oxygen atoms in total. The van der Waals surface area contributed by atoms with Crippen molar-refractivity contribution in [3.63, 3.8) is 0 Å². The van der Waals surface area contributed by atoms with E-state index in [-0.39, 0.29) is 0 Å². The van der Waals surface area contributed by atoms with Gasteiger partial charge < -0.3 is 9.32 Å². The van der Waals surface area contributed by atoms with Crippen LogP contribution in [0.15, 0.2) is 174 Å². The summed E-state index contributed by atoms with van der Waals surface area (Å²) < 4.78 is 8.69. The Morgan fingerprint density at radius 1 is 0.468 bits per heavy atom. The number of benzene rings is 7. The van der Waals surface area contributed by atoms with E-state index in [1.807, 2.05) is 30.3 Å². The highest BCUT2D eigenvalue weighted by Crippen LogP contribution is 2.46. The molecule has 2 aromatic heterocycles. The number of hydrogen-bond acceptors (Lipinski definition) is 4. The first-order chi connectivity index (χ1) is 23.3. The number of fused-ring (bicyclic) bond motifs is 4. The summed E-state index contributed by atoms with van der Waals surface area (Å²) >= 11 is 1.80. The Hall–Kier alpha value is -5.97. The van der Waals surface area contributed by atoms with Gasteiger partial charge in [0.25, 0.3) is 0 Å². The fourth-order valence-electron chi connectivity index (χ4n) is 6.40. The second-order valence-electron chi connectivity index (χ2n) is 11.6. The normalized spacial score (nSPS) is 11.4. The molecule has 2 heterocycles. The minimum Gasteiger partial charge on any atom is -0.436 e. The third kappa shape index (κ3) is 4.96. The lowest BCUT2D eigenvalue weighted by Crippen LogP contribution is -2.10. The summed E-state index contributed by atoms with van der Waals surface area (Å²) in [6.45, 7) is 0. The predicted molar refractivity (Wildman–Crippen MR) is 198 cm³/mol. The van der Waals surface area contributed by atoms with Crippen LogP contribution in [0.2, 0.25) is 0 Å². The van der Waals surface area contributed by atoms with Gasteiger partial charge in [0.15, 0.2) is 5.58 Å². The van der Waals surface area contributed by atoms with E-state index in [1.165, 1.54) is 42.4 Å². The number of rotatable bonds is 6. The van der Waals surface area contributed by atoms with Crippen molar-refractivity contribution in [1.29, 1.82) is 0 Å². The van der Waals surface area contributed by atoms with Crippen molar-refractivity contribution >= 4 is 59.7 Å². The zero-order chi connectivity index (χ0) is 31.2. The van der Waals surface area contributed by atoms with Crippen molar-refractivity contribution in [2.24, 2.45) is 0 Å². The molecule has 0 saturated heterocycles. The van der Waals surface area contributed by atoms with Crippen LogP contribution in [0.4, 0.5) is 17.1 Å². The molecule has 47 heavy (non-hydrogen) atoms. The first-order valence-electron chi connectivity index (χ1n) is 15.7. The van der Waals surface area contributed by atoms with Crippen LogP contribution < -0.4 is 4.90 Å². The third-order valence-electron chi connectivity index (χ3n) is 8.69. The van der Waals surface area contributed by atoms with Crippen molar-refractivity contribution in [3.05, 3.63) is 170 Å². The number of thiophene rings is 1. The summed E-state index contributed by atoms with van der Waals surface area (Å²) in [5, 5.41) is 2.37. The molecule has 0 aliphatic heterocycles. The lowest BCUT2D eigenvalue weighted by Gasteiger charge is -2.27. The fourth-order valence-corrected chi connectivity index (χ4v) is 7.62. The van der Waals surface area contributed by atoms with Gasteiger partial charge in [0.2, 0.25) is 5.89 Å². The zero-order valence-electron chi connectivity index (χ0n) is 25.4. The van der Waals surface area contributed by atoms with Gasteiger partial charge in [-0.05, 0) is 76.9 Å². The van der Waals surface area contributed by atoms with Gasteiger partial charge in [0.1, 0.15) is 5.52 Å². The van der Waals surface area contributed by atoms with Gasteiger partial charge in [0.05, 0.1) is 10.4 Å². The van der Waals surface area contributed by atoms with E-state index in [0.29, 0.717) is 5.89 Å². The Bertz CT molecular complexity index is 2500. The molecular formula is C43H28N2OS. The Morgan fingerprint density at radius 3 is 1.81 bits per heavy atom. The van der Waals surface area contributed by atoms with Gasteiger partial charge >= 0.3 is 0 Å². The van der Waals surface area contributed by atoms with Crippen molar-refractivity contribution in [2.45, 2.75) is 0 Å².